The van der Waals surface area contributed by atoms with Crippen LogP contribution in [0.3, 0.4) is 0 Å². The van der Waals surface area contributed by atoms with Crippen LogP contribution >= 0.6 is 35.3 Å². The van der Waals surface area contributed by atoms with Crippen molar-refractivity contribution in [2.24, 2.45) is 0 Å². The molecule has 0 aliphatic carbocycles. The Morgan fingerprint density at radius 1 is 1.25 bits per heavy atom. The number of thiazole rings is 1. The van der Waals surface area contributed by atoms with E-state index in [-0.39, 0.29) is 24.1 Å². The van der Waals surface area contributed by atoms with E-state index >= 15 is 0 Å². The Labute approximate surface area is 178 Å². The molecule has 2 heterocycles. The van der Waals surface area contributed by atoms with Crippen LogP contribution in [0.5, 0.6) is 5.75 Å². The summed E-state index contributed by atoms with van der Waals surface area (Å²) in [5.74, 6) is 0.508. The van der Waals surface area contributed by atoms with Crippen molar-refractivity contribution in [3.63, 3.8) is 0 Å². The molecule has 3 aromatic rings. The maximum absolute atomic E-state index is 13.0. The van der Waals surface area contributed by atoms with Crippen molar-refractivity contribution in [2.75, 3.05) is 38.2 Å². The number of benzene rings is 1. The van der Waals surface area contributed by atoms with Gasteiger partial charge in [0.25, 0.3) is 5.91 Å². The Kier molecular flexibility index (Phi) is 8.06. The molecule has 0 aliphatic rings. The number of halogens is 2. The lowest BCUT2D eigenvalue weighted by Crippen LogP contribution is -2.38. The normalized spacial score (nSPS) is 10.9. The molecule has 3 rings (SSSR count). The number of ether oxygens (including phenoxy) is 1. The van der Waals surface area contributed by atoms with Gasteiger partial charge in [0.15, 0.2) is 5.13 Å². The molecule has 7 nitrogen and oxygen atoms in total. The van der Waals surface area contributed by atoms with Crippen molar-refractivity contribution in [1.82, 2.24) is 15.0 Å². The second-order valence-corrected chi connectivity index (χ2v) is 7.17. The number of hydrogen-bond donors (Lipinski definition) is 0. The van der Waals surface area contributed by atoms with E-state index in [9.17, 15) is 4.79 Å². The number of carbonyl (C=O) groups excluding carboxylic acids is 1. The predicted molar refractivity (Wildman–Crippen MR) is 114 cm³/mol. The van der Waals surface area contributed by atoms with Crippen LogP contribution in [-0.4, -0.2) is 54.2 Å². The molecule has 0 N–H and O–H groups in total. The van der Waals surface area contributed by atoms with E-state index in [2.05, 4.69) is 28.9 Å². The molecule has 10 heteroatoms. The van der Waals surface area contributed by atoms with Gasteiger partial charge in [-0.2, -0.15) is 0 Å². The Hall–Kier alpha value is -1.87. The van der Waals surface area contributed by atoms with E-state index < -0.39 is 0 Å². The summed E-state index contributed by atoms with van der Waals surface area (Å²) in [4.78, 5) is 21.5. The van der Waals surface area contributed by atoms with E-state index in [1.807, 2.05) is 0 Å². The van der Waals surface area contributed by atoms with Crippen molar-refractivity contribution < 1.29 is 14.1 Å². The average Bonchev–Trinajstić information content (AvgIpc) is 3.36. The van der Waals surface area contributed by atoms with Crippen LogP contribution in [0.4, 0.5) is 5.13 Å². The first-order valence-electron chi connectivity index (χ1n) is 8.66. The van der Waals surface area contributed by atoms with Crippen molar-refractivity contribution in [2.45, 2.75) is 13.8 Å². The molecule has 152 valence electrons. The number of likely N-dealkylation sites (N-methyl/N-ethyl adjacent to an activating group) is 1. The summed E-state index contributed by atoms with van der Waals surface area (Å²) in [5, 5.41) is 4.76. The van der Waals surface area contributed by atoms with Gasteiger partial charge in [-0.05, 0) is 25.2 Å². The second-order valence-electron chi connectivity index (χ2n) is 5.78. The zero-order valence-electron chi connectivity index (χ0n) is 15.8. The number of rotatable bonds is 8. The highest BCUT2D eigenvalue weighted by Gasteiger charge is 2.25. The highest BCUT2D eigenvalue weighted by molar-refractivity contribution is 7.23. The number of carbonyl (C=O) groups is 1. The Morgan fingerprint density at radius 3 is 2.61 bits per heavy atom. The van der Waals surface area contributed by atoms with Gasteiger partial charge >= 0.3 is 0 Å². The van der Waals surface area contributed by atoms with Gasteiger partial charge in [-0.25, -0.2) is 4.98 Å². The molecular weight excluding hydrogens is 423 g/mol. The van der Waals surface area contributed by atoms with Gasteiger partial charge in [0.1, 0.15) is 11.3 Å². The predicted octanol–water partition coefficient (Wildman–Crippen LogP) is 4.36. The average molecular weight is 445 g/mol. The van der Waals surface area contributed by atoms with E-state index in [4.69, 9.17) is 20.9 Å². The lowest BCUT2D eigenvalue weighted by Gasteiger charge is -2.23. The third-order valence-electron chi connectivity index (χ3n) is 4.33. The lowest BCUT2D eigenvalue weighted by molar-refractivity contribution is 0.0948. The fourth-order valence-electron chi connectivity index (χ4n) is 2.75. The molecule has 1 aromatic carbocycles. The van der Waals surface area contributed by atoms with Crippen molar-refractivity contribution in [1.29, 1.82) is 0 Å². The van der Waals surface area contributed by atoms with Crippen molar-refractivity contribution in [3.8, 4) is 5.75 Å². The second kappa shape index (κ2) is 10.1. The van der Waals surface area contributed by atoms with Crippen LogP contribution < -0.4 is 9.64 Å². The summed E-state index contributed by atoms with van der Waals surface area (Å²) >= 11 is 7.69. The Balaban J connectivity index is 0.00000280. The zero-order valence-corrected chi connectivity index (χ0v) is 18.2. The molecule has 0 saturated heterocycles. The maximum Gasteiger partial charge on any atom is 0.298 e. The fraction of sp³-hybridized carbons (Fsp3) is 0.389. The summed E-state index contributed by atoms with van der Waals surface area (Å²) in [6, 6.07) is 5.09. The van der Waals surface area contributed by atoms with Gasteiger partial charge in [0.05, 0.1) is 23.0 Å². The molecule has 0 spiro atoms. The third-order valence-corrected chi connectivity index (χ3v) is 5.86. The molecule has 0 atom stereocenters. The molecule has 0 bridgehead atoms. The van der Waals surface area contributed by atoms with Crippen molar-refractivity contribution in [3.05, 3.63) is 35.2 Å². The Bertz CT molecular complexity index is 913. The van der Waals surface area contributed by atoms with Gasteiger partial charge in [0.2, 0.25) is 5.76 Å². The van der Waals surface area contributed by atoms with E-state index in [1.54, 1.807) is 30.2 Å². The minimum absolute atomic E-state index is 0. The molecule has 2 aromatic heterocycles. The molecule has 28 heavy (non-hydrogen) atoms. The van der Waals surface area contributed by atoms with Crippen LogP contribution in [0.2, 0.25) is 5.02 Å². The van der Waals surface area contributed by atoms with Crippen molar-refractivity contribution >= 4 is 56.6 Å². The highest BCUT2D eigenvalue weighted by Crippen LogP contribution is 2.39. The molecular formula is C18H22Cl2N4O3S. The van der Waals surface area contributed by atoms with Crippen LogP contribution in [-0.2, 0) is 0 Å². The zero-order chi connectivity index (χ0) is 19.4. The smallest absolute Gasteiger partial charge is 0.298 e. The van der Waals surface area contributed by atoms with E-state index in [1.165, 1.54) is 17.5 Å². The van der Waals surface area contributed by atoms with Crippen LogP contribution in [0.15, 0.2) is 28.9 Å². The highest BCUT2D eigenvalue weighted by atomic mass is 35.5. The van der Waals surface area contributed by atoms with Gasteiger partial charge in [-0.3, -0.25) is 9.69 Å². The molecule has 0 aliphatic heterocycles. The number of methoxy groups -OCH3 is 1. The monoisotopic (exact) mass is 444 g/mol. The summed E-state index contributed by atoms with van der Waals surface area (Å²) in [6.45, 7) is 7.18. The van der Waals surface area contributed by atoms with Gasteiger partial charge < -0.3 is 14.2 Å². The molecule has 0 saturated carbocycles. The number of hydrogen-bond acceptors (Lipinski definition) is 7. The number of amides is 1. The molecule has 0 radical (unpaired) electrons. The number of anilines is 1. The SMILES string of the molecule is CCN(CC)CCN(C(=O)c1ccno1)c1nc2c(OC)ccc(Cl)c2s1.Cl. The summed E-state index contributed by atoms with van der Waals surface area (Å²) in [7, 11) is 1.58. The minimum Gasteiger partial charge on any atom is -0.494 e. The number of nitrogens with zero attached hydrogens (tertiary/aromatic N) is 4. The molecule has 1 amide bonds. The number of fused-ring (bicyclic) bond motifs is 1. The van der Waals surface area contributed by atoms with Gasteiger partial charge in [0, 0.05) is 19.2 Å². The maximum atomic E-state index is 13.0. The van der Waals surface area contributed by atoms with E-state index in [0.717, 1.165) is 17.8 Å². The third kappa shape index (κ3) is 4.57. The van der Waals surface area contributed by atoms with Crippen LogP contribution in [0.1, 0.15) is 24.4 Å². The van der Waals surface area contributed by atoms with Crippen LogP contribution in [0, 0.1) is 0 Å². The first kappa shape index (κ1) is 22.4. The summed E-state index contributed by atoms with van der Waals surface area (Å²) in [5.41, 5.74) is 0.642. The molecule has 0 unspecified atom stereocenters. The van der Waals surface area contributed by atoms with Crippen LogP contribution in [0.25, 0.3) is 10.2 Å². The van der Waals surface area contributed by atoms with Gasteiger partial charge in [-0.15, -0.1) is 12.4 Å². The summed E-state index contributed by atoms with van der Waals surface area (Å²) < 4.78 is 11.2. The standard InChI is InChI=1S/C18H21ClN4O3S.ClH/c1-4-22(5-2)10-11-23(17(24)14-8-9-20-26-14)18-21-15-13(25-3)7-6-12(19)16(15)27-18;/h6-9H,4-5,10-11H2,1-3H3;1H. The first-order chi connectivity index (χ1) is 13.1. The minimum atomic E-state index is -0.284. The summed E-state index contributed by atoms with van der Waals surface area (Å²) in [6.07, 6.45) is 1.45. The largest absolute Gasteiger partial charge is 0.494 e. The molecule has 0 fully saturated rings. The topological polar surface area (TPSA) is 71.7 Å². The lowest BCUT2D eigenvalue weighted by atomic mass is 10.3. The quantitative estimate of drug-likeness (QED) is 0.513. The van der Waals surface area contributed by atoms with Gasteiger partial charge in [-0.1, -0.05) is 41.9 Å². The number of aromatic nitrogens is 2. The fourth-order valence-corrected chi connectivity index (χ4v) is 4.03. The first-order valence-corrected chi connectivity index (χ1v) is 9.86. The Morgan fingerprint density at radius 2 is 2.00 bits per heavy atom. The van der Waals surface area contributed by atoms with E-state index in [0.29, 0.717) is 34.5 Å².